The fourth-order valence-corrected chi connectivity index (χ4v) is 7.79. The van der Waals surface area contributed by atoms with Crippen LogP contribution in [0.15, 0.2) is 18.3 Å². The van der Waals surface area contributed by atoms with Crippen molar-refractivity contribution in [2.24, 2.45) is 22.5 Å². The molecule has 0 saturated heterocycles. The van der Waals surface area contributed by atoms with E-state index >= 15 is 0 Å². The molecule has 0 unspecified atom stereocenters. The number of nitrogens with one attached hydrogen (secondary N) is 1. The summed E-state index contributed by atoms with van der Waals surface area (Å²) in [7, 11) is -4.08. The quantitative estimate of drug-likeness (QED) is 0.387. The van der Waals surface area contributed by atoms with Gasteiger partial charge in [0, 0.05) is 42.8 Å². The zero-order valence-corrected chi connectivity index (χ0v) is 21.9. The molecular formula is C24H31F2N3O5S2. The van der Waals surface area contributed by atoms with Crippen molar-refractivity contribution in [3.8, 4) is 5.75 Å². The molecule has 2 aromatic rings. The third kappa shape index (κ3) is 4.75. The predicted molar refractivity (Wildman–Crippen MR) is 132 cm³/mol. The number of halogens is 2. The summed E-state index contributed by atoms with van der Waals surface area (Å²) in [5.74, 6) is -1.23. The van der Waals surface area contributed by atoms with Gasteiger partial charge < -0.3 is 20.0 Å². The Morgan fingerprint density at radius 2 is 2.03 bits per heavy atom. The Morgan fingerprint density at radius 1 is 1.31 bits per heavy atom. The molecule has 2 aliphatic carbocycles. The number of carbonyl (C=O) groups is 1. The van der Waals surface area contributed by atoms with Crippen LogP contribution in [0, 0.1) is 33.2 Å². The van der Waals surface area contributed by atoms with Gasteiger partial charge in [0.05, 0.1) is 17.2 Å². The van der Waals surface area contributed by atoms with Crippen LogP contribution in [0.3, 0.4) is 0 Å². The molecule has 36 heavy (non-hydrogen) atoms. The normalized spacial score (nSPS) is 26.2. The zero-order valence-electron chi connectivity index (χ0n) is 20.2. The lowest BCUT2D eigenvalue weighted by Gasteiger charge is -2.35. The zero-order chi connectivity index (χ0) is 26.5. The molecule has 0 amide bonds. The molecule has 0 spiro atoms. The maximum atomic E-state index is 13.7. The van der Waals surface area contributed by atoms with Gasteiger partial charge in [-0.2, -0.15) is 8.42 Å². The number of nitrogens with two attached hydrogens (primary N) is 1. The van der Waals surface area contributed by atoms with E-state index in [4.69, 9.17) is 27.2 Å². The highest BCUT2D eigenvalue weighted by atomic mass is 32.2. The van der Waals surface area contributed by atoms with Crippen LogP contribution in [0.5, 0.6) is 5.75 Å². The fraction of sp³-hybridized carbons (Fsp3) is 0.583. The maximum absolute atomic E-state index is 13.7. The Bertz CT molecular complexity index is 1340. The Kier molecular flexibility index (Phi) is 7.19. The van der Waals surface area contributed by atoms with E-state index in [9.17, 15) is 22.0 Å². The lowest BCUT2D eigenvalue weighted by Crippen LogP contribution is -2.42. The Hall–Kier alpha value is -2.15. The van der Waals surface area contributed by atoms with Crippen molar-refractivity contribution >= 4 is 28.1 Å². The van der Waals surface area contributed by atoms with Gasteiger partial charge in [-0.05, 0) is 49.0 Å². The fourth-order valence-electron chi connectivity index (χ4n) is 6.16. The molecule has 4 N–H and O–H groups in total. The third-order valence-corrected chi connectivity index (χ3v) is 9.36. The van der Waals surface area contributed by atoms with Crippen LogP contribution in [0.25, 0.3) is 0 Å². The summed E-state index contributed by atoms with van der Waals surface area (Å²) < 4.78 is 66.0. The molecule has 2 saturated carbocycles. The summed E-state index contributed by atoms with van der Waals surface area (Å²) in [5, 5.41) is 0. The second-order valence-corrected chi connectivity index (χ2v) is 12.3. The second kappa shape index (κ2) is 9.62. The number of carbonyl (C=O) groups excluding carboxylic acids is 1. The molecule has 2 heterocycles. The Morgan fingerprint density at radius 3 is 2.61 bits per heavy atom. The largest absolute Gasteiger partial charge is 0.488 e. The van der Waals surface area contributed by atoms with Crippen molar-refractivity contribution in [3.63, 3.8) is 0 Å². The van der Waals surface area contributed by atoms with E-state index in [1.54, 1.807) is 0 Å². The highest BCUT2D eigenvalue weighted by molar-refractivity contribution is 7.85. The van der Waals surface area contributed by atoms with Gasteiger partial charge in [-0.25, -0.2) is 8.78 Å². The lowest BCUT2D eigenvalue weighted by atomic mass is 9.70. The molecule has 1 aliphatic heterocycles. The molecule has 2 bridgehead atoms. The highest BCUT2D eigenvalue weighted by Crippen LogP contribution is 2.64. The standard InChI is InChI=1S/C14H15F2N3OS.C10H16O4S/c15-9-3-8-4-11(7-20-13(8)12(16)5-9)19-10(1-2-17)6-18-14(19)21;1-9(2)7-3-4-10(9,8(11)5-7)6-15(12,13)14/h3,5-6,11H,1-2,4,7,17H2,(H,18,21);7H,3-6H2,1-2H3,(H,12,13,14)/t11-;7-,10-/m11/s1. The summed E-state index contributed by atoms with van der Waals surface area (Å²) in [4.78, 5) is 14.9. The van der Waals surface area contributed by atoms with Crippen molar-refractivity contribution in [2.45, 2.75) is 52.0 Å². The van der Waals surface area contributed by atoms with E-state index in [-0.39, 0.29) is 28.9 Å². The highest BCUT2D eigenvalue weighted by Gasteiger charge is 2.65. The molecule has 0 radical (unpaired) electrons. The van der Waals surface area contributed by atoms with Gasteiger partial charge in [-0.15, -0.1) is 0 Å². The molecule has 198 valence electrons. The van der Waals surface area contributed by atoms with E-state index in [0.29, 0.717) is 49.2 Å². The van der Waals surface area contributed by atoms with E-state index < -0.39 is 32.9 Å². The van der Waals surface area contributed by atoms with Crippen LogP contribution in [0.2, 0.25) is 0 Å². The number of fused-ring (bicyclic) bond motifs is 3. The molecule has 3 aliphatic rings. The molecule has 1 aromatic heterocycles. The number of H-pyrrole nitrogens is 1. The molecular weight excluding hydrogens is 512 g/mol. The van der Waals surface area contributed by atoms with Crippen LogP contribution in [0.1, 0.15) is 50.4 Å². The van der Waals surface area contributed by atoms with Gasteiger partial charge in [0.25, 0.3) is 10.1 Å². The van der Waals surface area contributed by atoms with Gasteiger partial charge in [0.1, 0.15) is 18.2 Å². The van der Waals surface area contributed by atoms with Crippen LogP contribution in [-0.2, 0) is 27.8 Å². The Balaban J connectivity index is 0.000000179. The number of aromatic nitrogens is 2. The minimum atomic E-state index is -4.08. The summed E-state index contributed by atoms with van der Waals surface area (Å²) in [6.45, 7) is 4.68. The average molecular weight is 544 g/mol. The monoisotopic (exact) mass is 543 g/mol. The summed E-state index contributed by atoms with van der Waals surface area (Å²) in [5.41, 5.74) is 5.96. The van der Waals surface area contributed by atoms with Gasteiger partial charge in [-0.1, -0.05) is 13.8 Å². The molecule has 12 heteroatoms. The van der Waals surface area contributed by atoms with Gasteiger partial charge in [0.2, 0.25) is 0 Å². The summed E-state index contributed by atoms with van der Waals surface area (Å²) in [6, 6.07) is 2.05. The van der Waals surface area contributed by atoms with E-state index in [1.807, 2.05) is 24.6 Å². The molecule has 1 aromatic carbocycles. The van der Waals surface area contributed by atoms with Crippen molar-refractivity contribution < 1.29 is 31.3 Å². The van der Waals surface area contributed by atoms with Crippen molar-refractivity contribution in [1.82, 2.24) is 9.55 Å². The lowest BCUT2D eigenvalue weighted by molar-refractivity contribution is -0.128. The number of nitrogens with zero attached hydrogens (tertiary/aromatic N) is 1. The number of benzene rings is 1. The number of Topliss-reactive ketones (excluding diaryl/α,β-unsaturated/α-hetero) is 1. The van der Waals surface area contributed by atoms with Gasteiger partial charge in [-0.3, -0.25) is 9.35 Å². The molecule has 8 nitrogen and oxygen atoms in total. The summed E-state index contributed by atoms with van der Waals surface area (Å²) in [6.07, 6.45) is 4.93. The first-order valence-corrected chi connectivity index (χ1v) is 13.9. The maximum Gasteiger partial charge on any atom is 0.265 e. The second-order valence-electron chi connectivity index (χ2n) is 10.4. The predicted octanol–water partition coefficient (Wildman–Crippen LogP) is 3.77. The van der Waals surface area contributed by atoms with Crippen LogP contribution in [0.4, 0.5) is 8.78 Å². The molecule has 5 rings (SSSR count). The van der Waals surface area contributed by atoms with Gasteiger partial charge >= 0.3 is 0 Å². The third-order valence-electron chi connectivity index (χ3n) is 8.18. The van der Waals surface area contributed by atoms with Crippen molar-refractivity contribution in [3.05, 3.63) is 46.0 Å². The average Bonchev–Trinajstić information content (AvgIpc) is 3.30. The van der Waals surface area contributed by atoms with Crippen molar-refractivity contribution in [2.75, 3.05) is 18.9 Å². The van der Waals surface area contributed by atoms with Crippen LogP contribution < -0.4 is 10.5 Å². The number of imidazole rings is 1. The van der Waals surface area contributed by atoms with E-state index in [1.165, 1.54) is 6.07 Å². The topological polar surface area (TPSA) is 127 Å². The number of hydrogen-bond donors (Lipinski definition) is 3. The first-order chi connectivity index (χ1) is 16.8. The first-order valence-electron chi connectivity index (χ1n) is 11.9. The van der Waals surface area contributed by atoms with Crippen LogP contribution in [-0.4, -0.2) is 47.2 Å². The molecule has 2 fully saturated rings. The van der Waals surface area contributed by atoms with E-state index in [2.05, 4.69) is 4.98 Å². The SMILES string of the molecule is CC1(C)[C@@H]2CC[C@@]1(CS(=O)(=O)O)C(=O)C2.NCCc1c[nH]c(=S)n1[C@H]1COc2c(F)cc(F)cc2C1. The molecule has 3 atom stereocenters. The van der Waals surface area contributed by atoms with Crippen LogP contribution >= 0.6 is 12.2 Å². The smallest absolute Gasteiger partial charge is 0.265 e. The minimum absolute atomic E-state index is 0.0152. The summed E-state index contributed by atoms with van der Waals surface area (Å²) >= 11 is 5.28. The van der Waals surface area contributed by atoms with Crippen molar-refractivity contribution in [1.29, 1.82) is 0 Å². The minimum Gasteiger partial charge on any atom is -0.488 e. The number of ketones is 1. The first kappa shape index (κ1) is 26.9. The van der Waals surface area contributed by atoms with E-state index in [0.717, 1.165) is 18.2 Å². The number of hydrogen-bond acceptors (Lipinski definition) is 6. The Labute approximate surface area is 214 Å². The van der Waals surface area contributed by atoms with Gasteiger partial charge in [0.15, 0.2) is 16.3 Å². The number of ether oxygens (including phenoxy) is 1. The number of aromatic amines is 1. The number of rotatable bonds is 5.